The number of thiazole rings is 1. The zero-order valence-corrected chi connectivity index (χ0v) is 21.5. The third-order valence-corrected chi connectivity index (χ3v) is 7.67. The zero-order valence-electron chi connectivity index (χ0n) is 19.9. The second kappa shape index (κ2) is 9.04. The third-order valence-electron chi connectivity index (χ3n) is 6.37. The van der Waals surface area contributed by atoms with Crippen LogP contribution in [0.4, 0.5) is 5.69 Å². The van der Waals surface area contributed by atoms with Crippen LogP contribution in [-0.2, 0) is 0 Å². The molecule has 1 fully saturated rings. The monoisotopic (exact) mass is 493 g/mol. The summed E-state index contributed by atoms with van der Waals surface area (Å²) in [6, 6.07) is 14.0. The van der Waals surface area contributed by atoms with Gasteiger partial charge in [0, 0.05) is 37.4 Å². The van der Waals surface area contributed by atoms with Crippen LogP contribution in [0, 0.1) is 13.8 Å². The Morgan fingerprint density at radius 2 is 1.74 bits per heavy atom. The second-order valence-corrected chi connectivity index (χ2v) is 10.6. The summed E-state index contributed by atoms with van der Waals surface area (Å²) in [5.41, 5.74) is 5.84. The molecule has 176 valence electrons. The number of amides is 1. The van der Waals surface area contributed by atoms with E-state index in [1.54, 1.807) is 11.3 Å². The fourth-order valence-corrected chi connectivity index (χ4v) is 5.74. The highest BCUT2D eigenvalue weighted by atomic mass is 35.5. The minimum atomic E-state index is 0.0831. The molecule has 1 saturated heterocycles. The van der Waals surface area contributed by atoms with Crippen molar-refractivity contribution < 1.29 is 4.79 Å². The van der Waals surface area contributed by atoms with Gasteiger partial charge in [0.15, 0.2) is 0 Å². The minimum Gasteiger partial charge on any atom is -0.365 e. The van der Waals surface area contributed by atoms with Crippen LogP contribution in [-0.4, -0.2) is 51.8 Å². The first-order valence-electron chi connectivity index (χ1n) is 11.6. The molecule has 0 N–H and O–H groups in total. The molecule has 6 nitrogen and oxygen atoms in total. The van der Waals surface area contributed by atoms with Gasteiger partial charge in [-0.05, 0) is 55.7 Å². The van der Waals surface area contributed by atoms with E-state index in [4.69, 9.17) is 16.6 Å². The number of carbonyl (C=O) groups is 1. The van der Waals surface area contributed by atoms with Gasteiger partial charge in [-0.15, -0.1) is 0 Å². The van der Waals surface area contributed by atoms with Crippen molar-refractivity contribution in [2.75, 3.05) is 31.1 Å². The fraction of sp³-hybridized carbons (Fsp3) is 0.346. The van der Waals surface area contributed by atoms with Crippen molar-refractivity contribution in [3.05, 3.63) is 70.0 Å². The standard InChI is InChI=1S/C26H28ClN5OS/c1-16(2)19-5-7-20(8-6-19)25(33)31-13-11-30(12-14-31)24-21(27)9-10-22-23(24)28-26(34-22)32-18(4)15-17(3)29-32/h5-10,15-16H,11-14H2,1-4H3. The first-order chi connectivity index (χ1) is 16.3. The topological polar surface area (TPSA) is 54.3 Å². The van der Waals surface area contributed by atoms with Crippen LogP contribution >= 0.6 is 22.9 Å². The number of fused-ring (bicyclic) bond motifs is 1. The molecule has 0 aliphatic carbocycles. The average molecular weight is 494 g/mol. The molecule has 1 aliphatic rings. The SMILES string of the molecule is Cc1cc(C)n(-c2nc3c(N4CCN(C(=O)c5ccc(C(C)C)cc5)CC4)c(Cl)ccc3s2)n1. The molecule has 1 aliphatic heterocycles. The Morgan fingerprint density at radius 3 is 2.35 bits per heavy atom. The van der Waals surface area contributed by atoms with E-state index in [2.05, 4.69) is 36.0 Å². The summed E-state index contributed by atoms with van der Waals surface area (Å²) in [6.07, 6.45) is 0. The number of carbonyl (C=O) groups excluding carboxylic acids is 1. The number of hydrogen-bond acceptors (Lipinski definition) is 5. The predicted octanol–water partition coefficient (Wildman–Crippen LogP) is 5.84. The Bertz CT molecular complexity index is 1350. The van der Waals surface area contributed by atoms with Crippen molar-refractivity contribution in [2.45, 2.75) is 33.6 Å². The lowest BCUT2D eigenvalue weighted by Gasteiger charge is -2.36. The molecule has 2 aromatic carbocycles. The van der Waals surface area contributed by atoms with E-state index in [-0.39, 0.29) is 5.91 Å². The van der Waals surface area contributed by atoms with Gasteiger partial charge in [0.2, 0.25) is 5.13 Å². The van der Waals surface area contributed by atoms with Crippen molar-refractivity contribution in [3.63, 3.8) is 0 Å². The molecule has 0 bridgehead atoms. The highest BCUT2D eigenvalue weighted by molar-refractivity contribution is 7.20. The van der Waals surface area contributed by atoms with Crippen LogP contribution in [0.1, 0.15) is 47.1 Å². The Labute approximate surface area is 208 Å². The largest absolute Gasteiger partial charge is 0.365 e. The maximum atomic E-state index is 13.1. The molecule has 3 heterocycles. The second-order valence-electron chi connectivity index (χ2n) is 9.13. The van der Waals surface area contributed by atoms with E-state index in [1.807, 2.05) is 53.8 Å². The van der Waals surface area contributed by atoms with Crippen LogP contribution < -0.4 is 4.90 Å². The first kappa shape index (κ1) is 22.9. The molecule has 34 heavy (non-hydrogen) atoms. The number of rotatable bonds is 4. The number of hydrogen-bond donors (Lipinski definition) is 0. The van der Waals surface area contributed by atoms with Gasteiger partial charge >= 0.3 is 0 Å². The van der Waals surface area contributed by atoms with Crippen LogP contribution in [0.2, 0.25) is 5.02 Å². The Hall–Kier alpha value is -2.90. The smallest absolute Gasteiger partial charge is 0.253 e. The maximum Gasteiger partial charge on any atom is 0.253 e. The van der Waals surface area contributed by atoms with Gasteiger partial charge in [0.1, 0.15) is 5.52 Å². The van der Waals surface area contributed by atoms with Crippen LogP contribution in [0.5, 0.6) is 0 Å². The highest BCUT2D eigenvalue weighted by Crippen LogP contribution is 2.38. The molecular formula is C26H28ClN5OS. The molecule has 0 atom stereocenters. The quantitative estimate of drug-likeness (QED) is 0.358. The molecule has 0 radical (unpaired) electrons. The van der Waals surface area contributed by atoms with Gasteiger partial charge in [-0.25, -0.2) is 9.67 Å². The van der Waals surface area contributed by atoms with Crippen molar-refractivity contribution in [2.24, 2.45) is 0 Å². The number of halogens is 1. The fourth-order valence-electron chi connectivity index (χ4n) is 4.48. The minimum absolute atomic E-state index is 0.0831. The number of anilines is 1. The van der Waals surface area contributed by atoms with E-state index in [0.717, 1.165) is 38.0 Å². The van der Waals surface area contributed by atoms with E-state index < -0.39 is 0 Å². The van der Waals surface area contributed by atoms with E-state index >= 15 is 0 Å². The van der Waals surface area contributed by atoms with Gasteiger partial charge in [0.05, 0.1) is 21.1 Å². The lowest BCUT2D eigenvalue weighted by atomic mass is 10.0. The Balaban J connectivity index is 1.36. The highest BCUT2D eigenvalue weighted by Gasteiger charge is 2.26. The van der Waals surface area contributed by atoms with Crippen molar-refractivity contribution in [1.29, 1.82) is 0 Å². The first-order valence-corrected chi connectivity index (χ1v) is 12.8. The number of benzene rings is 2. The summed E-state index contributed by atoms with van der Waals surface area (Å²) in [7, 11) is 0. The average Bonchev–Trinajstić information content (AvgIpc) is 3.40. The summed E-state index contributed by atoms with van der Waals surface area (Å²) in [5, 5.41) is 6.11. The van der Waals surface area contributed by atoms with Crippen molar-refractivity contribution >= 4 is 44.7 Å². The molecule has 0 unspecified atom stereocenters. The van der Waals surface area contributed by atoms with Crippen LogP contribution in [0.25, 0.3) is 15.3 Å². The molecule has 0 saturated carbocycles. The molecular weight excluding hydrogens is 466 g/mol. The summed E-state index contributed by atoms with van der Waals surface area (Å²) in [4.78, 5) is 22.2. The van der Waals surface area contributed by atoms with E-state index in [9.17, 15) is 4.79 Å². The van der Waals surface area contributed by atoms with E-state index in [0.29, 0.717) is 37.1 Å². The Kier molecular flexibility index (Phi) is 6.08. The van der Waals surface area contributed by atoms with Crippen LogP contribution in [0.15, 0.2) is 42.5 Å². The summed E-state index contributed by atoms with van der Waals surface area (Å²) in [5.74, 6) is 0.535. The van der Waals surface area contributed by atoms with Crippen LogP contribution in [0.3, 0.4) is 0 Å². The summed E-state index contributed by atoms with van der Waals surface area (Å²) >= 11 is 8.29. The third kappa shape index (κ3) is 4.18. The van der Waals surface area contributed by atoms with Gasteiger partial charge < -0.3 is 9.80 Å². The zero-order chi connectivity index (χ0) is 24.0. The van der Waals surface area contributed by atoms with E-state index in [1.165, 1.54) is 5.56 Å². The van der Waals surface area contributed by atoms with Gasteiger partial charge in [-0.3, -0.25) is 4.79 Å². The lowest BCUT2D eigenvalue weighted by Crippen LogP contribution is -2.49. The molecule has 2 aromatic heterocycles. The number of aryl methyl sites for hydroxylation is 2. The Morgan fingerprint density at radius 1 is 1.03 bits per heavy atom. The van der Waals surface area contributed by atoms with Crippen molar-refractivity contribution in [3.8, 4) is 5.13 Å². The number of aromatic nitrogens is 3. The molecule has 4 aromatic rings. The summed E-state index contributed by atoms with van der Waals surface area (Å²) < 4.78 is 2.96. The van der Waals surface area contributed by atoms with Gasteiger partial charge in [0.25, 0.3) is 5.91 Å². The number of nitrogens with zero attached hydrogens (tertiary/aromatic N) is 5. The summed E-state index contributed by atoms with van der Waals surface area (Å²) in [6.45, 7) is 11.0. The predicted molar refractivity (Wildman–Crippen MR) is 140 cm³/mol. The molecule has 8 heteroatoms. The molecule has 5 rings (SSSR count). The number of piperazine rings is 1. The maximum absolute atomic E-state index is 13.1. The van der Waals surface area contributed by atoms with Gasteiger partial charge in [-0.2, -0.15) is 5.10 Å². The van der Waals surface area contributed by atoms with Crippen molar-refractivity contribution in [1.82, 2.24) is 19.7 Å². The lowest BCUT2D eigenvalue weighted by molar-refractivity contribution is 0.0747. The normalized spacial score (nSPS) is 14.4. The molecule has 1 amide bonds. The van der Waals surface area contributed by atoms with Gasteiger partial charge in [-0.1, -0.05) is 48.9 Å². The molecule has 0 spiro atoms.